The molecular formula is C12H23N3OS. The number of methoxy groups -OCH3 is 1. The number of hydrogen-bond acceptors (Lipinski definition) is 5. The molecule has 98 valence electrons. The number of rotatable bonds is 8. The van der Waals surface area contributed by atoms with Gasteiger partial charge in [-0.05, 0) is 37.3 Å². The fraction of sp³-hybridized carbons (Fsp3) is 0.833. The minimum atomic E-state index is 0.340. The van der Waals surface area contributed by atoms with Crippen molar-refractivity contribution >= 4 is 11.5 Å². The summed E-state index contributed by atoms with van der Waals surface area (Å²) >= 11 is 1.52. The molecule has 0 spiro atoms. The molecule has 1 rings (SSSR count). The van der Waals surface area contributed by atoms with Crippen LogP contribution in [-0.2, 0) is 11.2 Å². The van der Waals surface area contributed by atoms with Gasteiger partial charge in [0, 0.05) is 19.8 Å². The van der Waals surface area contributed by atoms with Gasteiger partial charge in [-0.2, -0.15) is 0 Å². The van der Waals surface area contributed by atoms with E-state index in [1.165, 1.54) is 16.4 Å². The third-order valence-corrected chi connectivity index (χ3v) is 3.86. The minimum Gasteiger partial charge on any atom is -0.385 e. The third-order valence-electron chi connectivity index (χ3n) is 3.01. The lowest BCUT2D eigenvalue weighted by atomic mass is 9.96. The molecule has 0 aromatic carbocycles. The zero-order valence-corrected chi connectivity index (χ0v) is 12.0. The first-order valence-corrected chi connectivity index (χ1v) is 6.99. The Bertz CT molecular complexity index is 316. The largest absolute Gasteiger partial charge is 0.385 e. The molecular weight excluding hydrogens is 234 g/mol. The maximum absolute atomic E-state index is 5.15. The average molecular weight is 257 g/mol. The summed E-state index contributed by atoms with van der Waals surface area (Å²) in [5, 5.41) is 7.62. The van der Waals surface area contributed by atoms with Gasteiger partial charge in [-0.25, -0.2) is 0 Å². The number of aryl methyl sites for hydroxylation is 1. The Morgan fingerprint density at radius 3 is 2.82 bits per heavy atom. The van der Waals surface area contributed by atoms with Crippen LogP contribution in [0.15, 0.2) is 0 Å². The van der Waals surface area contributed by atoms with Crippen LogP contribution in [-0.4, -0.2) is 30.4 Å². The third kappa shape index (κ3) is 4.01. The van der Waals surface area contributed by atoms with E-state index in [2.05, 4.69) is 28.8 Å². The molecule has 0 saturated carbocycles. The maximum atomic E-state index is 5.15. The number of hydrogen-bond donors (Lipinski definition) is 1. The molecule has 2 atom stereocenters. The molecule has 0 amide bonds. The summed E-state index contributed by atoms with van der Waals surface area (Å²) < 4.78 is 9.24. The van der Waals surface area contributed by atoms with Gasteiger partial charge in [-0.3, -0.25) is 0 Å². The summed E-state index contributed by atoms with van der Waals surface area (Å²) in [5.41, 5.74) is 1.15. The maximum Gasteiger partial charge on any atom is 0.0803 e. The quantitative estimate of drug-likeness (QED) is 0.777. The van der Waals surface area contributed by atoms with E-state index in [9.17, 15) is 0 Å². The lowest BCUT2D eigenvalue weighted by Gasteiger charge is -2.22. The van der Waals surface area contributed by atoms with Crippen molar-refractivity contribution in [2.45, 2.75) is 39.2 Å². The number of nitrogens with one attached hydrogen (secondary N) is 1. The zero-order chi connectivity index (χ0) is 12.7. The molecule has 1 aromatic rings. The van der Waals surface area contributed by atoms with Crippen LogP contribution in [0.2, 0.25) is 0 Å². The van der Waals surface area contributed by atoms with Crippen molar-refractivity contribution in [3.8, 4) is 0 Å². The van der Waals surface area contributed by atoms with Crippen LogP contribution in [0.25, 0.3) is 0 Å². The molecule has 1 N–H and O–H groups in total. The zero-order valence-electron chi connectivity index (χ0n) is 11.2. The summed E-state index contributed by atoms with van der Waals surface area (Å²) in [4.78, 5) is 1.29. The summed E-state index contributed by atoms with van der Waals surface area (Å²) in [6, 6.07) is 0.340. The molecule has 0 aliphatic rings. The van der Waals surface area contributed by atoms with Crippen LogP contribution in [0.3, 0.4) is 0 Å². The predicted molar refractivity (Wildman–Crippen MR) is 71.4 cm³/mol. The average Bonchev–Trinajstić information content (AvgIpc) is 2.76. The molecule has 0 aliphatic heterocycles. The fourth-order valence-corrected chi connectivity index (χ4v) is 2.95. The van der Waals surface area contributed by atoms with Crippen molar-refractivity contribution in [1.29, 1.82) is 0 Å². The van der Waals surface area contributed by atoms with Crippen molar-refractivity contribution in [2.75, 3.05) is 20.8 Å². The smallest absolute Gasteiger partial charge is 0.0803 e. The summed E-state index contributed by atoms with van der Waals surface area (Å²) in [7, 11) is 3.75. The second-order valence-electron chi connectivity index (χ2n) is 4.36. The Balaban J connectivity index is 2.74. The van der Waals surface area contributed by atoms with Crippen molar-refractivity contribution < 1.29 is 4.74 Å². The van der Waals surface area contributed by atoms with Crippen molar-refractivity contribution in [3.63, 3.8) is 0 Å². The molecule has 0 saturated heterocycles. The molecule has 0 aliphatic carbocycles. The molecule has 2 unspecified atom stereocenters. The first-order chi connectivity index (χ1) is 8.24. The van der Waals surface area contributed by atoms with Crippen molar-refractivity contribution in [2.24, 2.45) is 5.92 Å². The summed E-state index contributed by atoms with van der Waals surface area (Å²) in [5.74, 6) is 0.526. The highest BCUT2D eigenvalue weighted by Gasteiger charge is 2.22. The van der Waals surface area contributed by atoms with E-state index >= 15 is 0 Å². The van der Waals surface area contributed by atoms with Crippen LogP contribution in [0.4, 0.5) is 0 Å². The Morgan fingerprint density at radius 2 is 2.24 bits per heavy atom. The predicted octanol–water partition coefficient (Wildman–Crippen LogP) is 2.42. The van der Waals surface area contributed by atoms with Gasteiger partial charge in [-0.1, -0.05) is 24.8 Å². The molecule has 1 aromatic heterocycles. The second-order valence-corrected chi connectivity index (χ2v) is 5.14. The van der Waals surface area contributed by atoms with E-state index in [0.29, 0.717) is 12.0 Å². The molecule has 0 bridgehead atoms. The van der Waals surface area contributed by atoms with E-state index in [0.717, 1.165) is 31.6 Å². The van der Waals surface area contributed by atoms with E-state index < -0.39 is 0 Å². The first kappa shape index (κ1) is 14.5. The molecule has 17 heavy (non-hydrogen) atoms. The van der Waals surface area contributed by atoms with Gasteiger partial charge in [0.2, 0.25) is 0 Å². The van der Waals surface area contributed by atoms with Gasteiger partial charge < -0.3 is 10.1 Å². The topological polar surface area (TPSA) is 47.0 Å². The van der Waals surface area contributed by atoms with Gasteiger partial charge >= 0.3 is 0 Å². The van der Waals surface area contributed by atoms with Crippen LogP contribution in [0.5, 0.6) is 0 Å². The highest BCUT2D eigenvalue weighted by molar-refractivity contribution is 7.05. The molecule has 5 heteroatoms. The number of nitrogens with zero attached hydrogens (tertiary/aromatic N) is 2. The number of aromatic nitrogens is 2. The second kappa shape index (κ2) is 7.74. The van der Waals surface area contributed by atoms with Gasteiger partial charge in [0.15, 0.2) is 0 Å². The van der Waals surface area contributed by atoms with Crippen molar-refractivity contribution in [1.82, 2.24) is 14.9 Å². The Morgan fingerprint density at radius 1 is 1.47 bits per heavy atom. The molecule has 0 radical (unpaired) electrons. The van der Waals surface area contributed by atoms with E-state index in [4.69, 9.17) is 4.74 Å². The van der Waals surface area contributed by atoms with Crippen LogP contribution in [0.1, 0.15) is 43.3 Å². The highest BCUT2D eigenvalue weighted by atomic mass is 32.1. The fourth-order valence-electron chi connectivity index (χ4n) is 2.01. The molecule has 0 fully saturated rings. The lowest BCUT2D eigenvalue weighted by molar-refractivity contribution is 0.171. The summed E-state index contributed by atoms with van der Waals surface area (Å²) in [6.45, 7) is 5.22. The standard InChI is InChI=1S/C12H23N3OS/c1-5-6-10-12(17-15-14-10)11(13-3)9(2)7-8-16-4/h9,11,13H,5-8H2,1-4H3. The van der Waals surface area contributed by atoms with Crippen molar-refractivity contribution in [3.05, 3.63) is 10.6 Å². The van der Waals surface area contributed by atoms with Gasteiger partial charge in [0.1, 0.15) is 0 Å². The minimum absolute atomic E-state index is 0.340. The summed E-state index contributed by atoms with van der Waals surface area (Å²) in [6.07, 6.45) is 3.17. The Labute approximate surface area is 108 Å². The molecule has 1 heterocycles. The SMILES string of the molecule is CCCc1nnsc1C(NC)C(C)CCOC. The molecule has 4 nitrogen and oxygen atoms in total. The number of ether oxygens (including phenoxy) is 1. The van der Waals surface area contributed by atoms with E-state index in [-0.39, 0.29) is 0 Å². The van der Waals surface area contributed by atoms with Gasteiger partial charge in [-0.15, -0.1) is 5.10 Å². The normalized spacial score (nSPS) is 14.8. The van der Waals surface area contributed by atoms with E-state index in [1.54, 1.807) is 7.11 Å². The Hall–Kier alpha value is -0.520. The van der Waals surface area contributed by atoms with Crippen LogP contribution >= 0.6 is 11.5 Å². The van der Waals surface area contributed by atoms with Gasteiger partial charge in [0.05, 0.1) is 10.6 Å². The first-order valence-electron chi connectivity index (χ1n) is 6.21. The lowest BCUT2D eigenvalue weighted by Crippen LogP contribution is -2.24. The van der Waals surface area contributed by atoms with Gasteiger partial charge in [0.25, 0.3) is 0 Å². The Kier molecular flexibility index (Phi) is 6.62. The van der Waals surface area contributed by atoms with Crippen LogP contribution in [0, 0.1) is 5.92 Å². The van der Waals surface area contributed by atoms with E-state index in [1.807, 2.05) is 7.05 Å². The van der Waals surface area contributed by atoms with Crippen LogP contribution < -0.4 is 5.32 Å². The highest BCUT2D eigenvalue weighted by Crippen LogP contribution is 2.29. The monoisotopic (exact) mass is 257 g/mol.